The van der Waals surface area contributed by atoms with Crippen molar-refractivity contribution in [3.63, 3.8) is 0 Å². The maximum absolute atomic E-state index is 13.5. The molecule has 4 rings (SSSR count). The molecule has 1 aromatic rings. The van der Waals surface area contributed by atoms with Crippen LogP contribution >= 0.6 is 0 Å². The zero-order chi connectivity index (χ0) is 31.5. The number of hydrogen-bond donors (Lipinski definition) is 1. The number of hydrogen-bond acceptors (Lipinski definition) is 8. The van der Waals surface area contributed by atoms with Gasteiger partial charge >= 0.3 is 5.69 Å². The first kappa shape index (κ1) is 33.0. The number of anilines is 1. The minimum absolute atomic E-state index is 0.170. The molecule has 10 heteroatoms. The zero-order valence-electron chi connectivity index (χ0n) is 26.5. The fourth-order valence-corrected chi connectivity index (χ4v) is 8.88. The molecule has 0 aromatic heterocycles. The lowest BCUT2D eigenvalue weighted by Gasteiger charge is -2.54. The molecular weight excluding hydrogens is 548 g/mol. The van der Waals surface area contributed by atoms with Gasteiger partial charge in [0.2, 0.25) is 0 Å². The molecule has 238 valence electrons. The number of rotatable bonds is 12. The lowest BCUT2D eigenvalue weighted by Crippen LogP contribution is -2.51. The molecule has 0 radical (unpaired) electrons. The van der Waals surface area contributed by atoms with E-state index in [4.69, 9.17) is 0 Å². The van der Waals surface area contributed by atoms with E-state index >= 15 is 0 Å². The van der Waals surface area contributed by atoms with Crippen molar-refractivity contribution < 1.29 is 19.7 Å². The third-order valence-corrected chi connectivity index (χ3v) is 11.4. The molecule has 0 aliphatic heterocycles. The maximum atomic E-state index is 13.5. The SMILES string of the molecule is CC(C)CCCC[C@H]1CCC2[C@H](C/C=N/N(C)c3ccc([N+](=O)[O-])cc3[N+](=O)[O-])C([C@@]3(C)CC[C@H](O)CC3=O)CC[C@@]21C. The Labute approximate surface area is 255 Å². The van der Waals surface area contributed by atoms with Crippen molar-refractivity contribution in [3.8, 4) is 0 Å². The molecule has 3 aliphatic carbocycles. The number of fused-ring (bicyclic) bond motifs is 1. The van der Waals surface area contributed by atoms with Crippen molar-refractivity contribution in [1.82, 2.24) is 0 Å². The molecular formula is C33H50N4O6. The van der Waals surface area contributed by atoms with Gasteiger partial charge in [-0.2, -0.15) is 5.10 Å². The van der Waals surface area contributed by atoms with E-state index in [9.17, 15) is 30.1 Å². The summed E-state index contributed by atoms with van der Waals surface area (Å²) in [6, 6.07) is 3.58. The number of unbranched alkanes of at least 4 members (excludes halogenated alkanes) is 1. The minimum atomic E-state index is -0.647. The number of hydrazone groups is 1. The number of ketones is 1. The van der Waals surface area contributed by atoms with Crippen molar-refractivity contribution in [2.75, 3.05) is 12.1 Å². The van der Waals surface area contributed by atoms with Crippen LogP contribution in [0.15, 0.2) is 23.3 Å². The number of nitro groups is 2. The van der Waals surface area contributed by atoms with E-state index in [0.29, 0.717) is 31.1 Å². The van der Waals surface area contributed by atoms with Gasteiger partial charge in [0.15, 0.2) is 0 Å². The highest BCUT2D eigenvalue weighted by atomic mass is 16.6. The van der Waals surface area contributed by atoms with Gasteiger partial charge in [-0.3, -0.25) is 30.0 Å². The van der Waals surface area contributed by atoms with Crippen LogP contribution in [0.25, 0.3) is 0 Å². The molecule has 2 unspecified atom stereocenters. The van der Waals surface area contributed by atoms with Crippen LogP contribution in [-0.2, 0) is 4.79 Å². The van der Waals surface area contributed by atoms with Crippen LogP contribution in [-0.4, -0.2) is 40.1 Å². The molecule has 3 saturated carbocycles. The van der Waals surface area contributed by atoms with E-state index in [2.05, 4.69) is 32.8 Å². The summed E-state index contributed by atoms with van der Waals surface area (Å²) in [5.74, 6) is 2.46. The summed E-state index contributed by atoms with van der Waals surface area (Å²) in [6.45, 7) is 9.15. The van der Waals surface area contributed by atoms with E-state index in [1.807, 2.05) is 6.21 Å². The molecule has 0 spiro atoms. The Hall–Kier alpha value is -2.88. The number of non-ortho nitro benzene ring substituents is 1. The number of Topliss-reactive ketones (excluding diaryl/α,β-unsaturated/α-hetero) is 1. The van der Waals surface area contributed by atoms with Crippen LogP contribution in [0.2, 0.25) is 0 Å². The first-order chi connectivity index (χ1) is 20.3. The lowest BCUT2D eigenvalue weighted by molar-refractivity contribution is -0.393. The highest BCUT2D eigenvalue weighted by Crippen LogP contribution is 2.64. The molecule has 1 N–H and O–H groups in total. The van der Waals surface area contributed by atoms with Gasteiger partial charge in [0, 0.05) is 31.2 Å². The average molecular weight is 599 g/mol. The van der Waals surface area contributed by atoms with Crippen LogP contribution in [0, 0.1) is 60.6 Å². The molecule has 0 saturated heterocycles. The second-order valence-corrected chi connectivity index (χ2v) is 14.4. The second-order valence-electron chi connectivity index (χ2n) is 14.4. The van der Waals surface area contributed by atoms with Crippen molar-refractivity contribution >= 4 is 29.1 Å². The molecule has 10 nitrogen and oxygen atoms in total. The second kappa shape index (κ2) is 13.4. The topological polar surface area (TPSA) is 139 Å². The molecule has 1 aromatic carbocycles. The quantitative estimate of drug-likeness (QED) is 0.112. The van der Waals surface area contributed by atoms with Crippen molar-refractivity contribution in [3.05, 3.63) is 38.4 Å². The number of benzene rings is 1. The van der Waals surface area contributed by atoms with E-state index in [-0.39, 0.29) is 46.5 Å². The Kier molecular flexibility index (Phi) is 10.3. The fraction of sp³-hybridized carbons (Fsp3) is 0.758. The summed E-state index contributed by atoms with van der Waals surface area (Å²) in [5, 5.41) is 39.1. The number of nitro benzene ring substituents is 2. The third-order valence-electron chi connectivity index (χ3n) is 11.4. The van der Waals surface area contributed by atoms with E-state index < -0.39 is 21.4 Å². The molecule has 7 atom stereocenters. The molecule has 0 heterocycles. The first-order valence-electron chi connectivity index (χ1n) is 16.2. The van der Waals surface area contributed by atoms with Gasteiger partial charge in [0.25, 0.3) is 5.69 Å². The van der Waals surface area contributed by atoms with Gasteiger partial charge in [-0.1, -0.05) is 47.0 Å². The Bertz CT molecular complexity index is 1220. The van der Waals surface area contributed by atoms with Gasteiger partial charge in [0.1, 0.15) is 11.5 Å². The van der Waals surface area contributed by atoms with Crippen molar-refractivity contribution in [2.45, 2.75) is 111 Å². The average Bonchev–Trinajstić information content (AvgIpc) is 3.28. The number of aliphatic hydroxyl groups is 1. The summed E-state index contributed by atoms with van der Waals surface area (Å²) >= 11 is 0. The van der Waals surface area contributed by atoms with Crippen LogP contribution in [0.1, 0.15) is 105 Å². The van der Waals surface area contributed by atoms with Crippen molar-refractivity contribution in [1.29, 1.82) is 0 Å². The Morgan fingerprint density at radius 1 is 1.07 bits per heavy atom. The summed E-state index contributed by atoms with van der Waals surface area (Å²) in [7, 11) is 1.61. The third kappa shape index (κ3) is 6.94. The van der Waals surface area contributed by atoms with Crippen LogP contribution in [0.3, 0.4) is 0 Å². The largest absolute Gasteiger partial charge is 0.393 e. The standard InChI is InChI=1S/C33H50N4O6/c1-22(2)8-6-7-9-23-10-12-27-26(28(15-18-32(23,27)3)33(4)17-14-25(38)21-31(33)39)16-19-34-35(5)29-13-11-24(36(40)41)20-30(29)37(42)43/h11,13,19-20,22-23,25-28,38H,6-10,12,14-18,21H2,1-5H3/b34-19+/t23-,25-,26-,27?,28?,32+,33+/m0/s1. The predicted molar refractivity (Wildman–Crippen MR) is 168 cm³/mol. The van der Waals surface area contributed by atoms with Gasteiger partial charge < -0.3 is 5.11 Å². The smallest absolute Gasteiger partial charge is 0.301 e. The Morgan fingerprint density at radius 3 is 2.47 bits per heavy atom. The fourth-order valence-electron chi connectivity index (χ4n) is 8.88. The monoisotopic (exact) mass is 598 g/mol. The lowest BCUT2D eigenvalue weighted by atomic mass is 9.50. The van der Waals surface area contributed by atoms with Crippen molar-refractivity contribution in [2.24, 2.45) is 45.5 Å². The predicted octanol–water partition coefficient (Wildman–Crippen LogP) is 7.71. The van der Waals surface area contributed by atoms with Gasteiger partial charge in [-0.15, -0.1) is 0 Å². The summed E-state index contributed by atoms with van der Waals surface area (Å²) < 4.78 is 0. The molecule has 0 amide bonds. The number of carbonyl (C=O) groups is 1. The Balaban J connectivity index is 1.58. The maximum Gasteiger partial charge on any atom is 0.301 e. The van der Waals surface area contributed by atoms with Gasteiger partial charge in [-0.05, 0) is 92.4 Å². The highest BCUT2D eigenvalue weighted by molar-refractivity contribution is 5.86. The normalized spacial score (nSPS) is 32.7. The first-order valence-corrected chi connectivity index (χ1v) is 16.2. The van der Waals surface area contributed by atoms with Crippen LogP contribution in [0.5, 0.6) is 0 Å². The Morgan fingerprint density at radius 2 is 1.81 bits per heavy atom. The number of nitrogens with zero attached hydrogens (tertiary/aromatic N) is 4. The number of carbonyl (C=O) groups excluding carboxylic acids is 1. The van der Waals surface area contributed by atoms with E-state index in [1.54, 1.807) is 7.05 Å². The highest BCUT2D eigenvalue weighted by Gasteiger charge is 2.58. The van der Waals surface area contributed by atoms with Gasteiger partial charge in [-0.25, -0.2) is 0 Å². The summed E-state index contributed by atoms with van der Waals surface area (Å²) in [6.07, 6.45) is 13.0. The summed E-state index contributed by atoms with van der Waals surface area (Å²) in [5.41, 5.74) is -0.789. The molecule has 43 heavy (non-hydrogen) atoms. The van der Waals surface area contributed by atoms with Gasteiger partial charge in [0.05, 0.1) is 22.0 Å². The molecule has 3 aliphatic rings. The zero-order valence-corrected chi connectivity index (χ0v) is 26.5. The summed E-state index contributed by atoms with van der Waals surface area (Å²) in [4.78, 5) is 35.1. The number of aliphatic hydroxyl groups excluding tert-OH is 1. The minimum Gasteiger partial charge on any atom is -0.393 e. The van der Waals surface area contributed by atoms with E-state index in [0.717, 1.165) is 31.2 Å². The van der Waals surface area contributed by atoms with E-state index in [1.165, 1.54) is 49.2 Å². The van der Waals surface area contributed by atoms with Crippen LogP contribution < -0.4 is 5.01 Å². The molecule has 0 bridgehead atoms. The van der Waals surface area contributed by atoms with Crippen LogP contribution in [0.4, 0.5) is 17.1 Å². The molecule has 3 fully saturated rings.